The van der Waals surface area contributed by atoms with Crippen LogP contribution in [0.4, 0.5) is 0 Å². The van der Waals surface area contributed by atoms with Crippen molar-refractivity contribution in [1.82, 2.24) is 9.55 Å². The van der Waals surface area contributed by atoms with Crippen molar-refractivity contribution in [3.05, 3.63) is 24.0 Å². The fraction of sp³-hybridized carbons (Fsp3) is 0.222. The van der Waals surface area contributed by atoms with E-state index in [0.29, 0.717) is 5.52 Å². The van der Waals surface area contributed by atoms with Gasteiger partial charge in [-0.3, -0.25) is 0 Å². The molecule has 1 aromatic carbocycles. The first-order valence-corrected chi connectivity index (χ1v) is 5.90. The molecule has 0 unspecified atom stereocenters. The van der Waals surface area contributed by atoms with E-state index in [0.717, 1.165) is 11.3 Å². The fourth-order valence-corrected chi connectivity index (χ4v) is 2.01. The van der Waals surface area contributed by atoms with E-state index in [1.54, 1.807) is 6.07 Å². The summed E-state index contributed by atoms with van der Waals surface area (Å²) in [5.74, 6) is 0.830. The predicted octanol–water partition coefficient (Wildman–Crippen LogP) is 0.529. The Labute approximate surface area is 87.6 Å². The molecule has 2 aromatic rings. The highest BCUT2D eigenvalue weighted by Gasteiger charge is 2.11. The Hall–Kier alpha value is -1.40. The number of fused-ring (bicyclic) bond motifs is 1. The van der Waals surface area contributed by atoms with Gasteiger partial charge in [-0.2, -0.15) is 0 Å². The molecule has 1 heterocycles. The van der Waals surface area contributed by atoms with Gasteiger partial charge in [0, 0.05) is 7.05 Å². The van der Waals surface area contributed by atoms with Crippen LogP contribution in [-0.4, -0.2) is 18.0 Å². The lowest BCUT2D eigenvalue weighted by atomic mass is 10.3. The van der Waals surface area contributed by atoms with Gasteiger partial charge in [0.25, 0.3) is 0 Å². The molecule has 0 saturated heterocycles. The number of aryl methyl sites for hydroxylation is 2. The number of primary sulfonamides is 1. The summed E-state index contributed by atoms with van der Waals surface area (Å²) in [6, 6.07) is 4.67. The summed E-state index contributed by atoms with van der Waals surface area (Å²) < 4.78 is 24.1. The number of nitrogens with two attached hydrogens (primary N) is 1. The zero-order chi connectivity index (χ0) is 11.2. The molecule has 15 heavy (non-hydrogen) atoms. The molecule has 1 aromatic heterocycles. The third-order valence-corrected chi connectivity index (χ3v) is 3.32. The van der Waals surface area contributed by atoms with Crippen LogP contribution >= 0.6 is 0 Å². The standard InChI is InChI=1S/C9H11N3O2S/c1-6-11-8-5-7(15(10,13)14)3-4-9(8)12(6)2/h3-5H,1-2H3,(H2,10,13,14). The molecule has 0 bridgehead atoms. The molecule has 0 radical (unpaired) electrons. The summed E-state index contributed by atoms with van der Waals surface area (Å²) in [7, 11) is -1.77. The summed E-state index contributed by atoms with van der Waals surface area (Å²) in [6.07, 6.45) is 0. The van der Waals surface area contributed by atoms with E-state index in [1.807, 2.05) is 18.5 Å². The van der Waals surface area contributed by atoms with Crippen LogP contribution in [0.25, 0.3) is 11.0 Å². The lowest BCUT2D eigenvalue weighted by molar-refractivity contribution is 0.598. The van der Waals surface area contributed by atoms with Crippen LogP contribution in [0.2, 0.25) is 0 Å². The zero-order valence-corrected chi connectivity index (χ0v) is 9.25. The van der Waals surface area contributed by atoms with Crippen molar-refractivity contribution in [1.29, 1.82) is 0 Å². The smallest absolute Gasteiger partial charge is 0.238 e. The minimum Gasteiger partial charge on any atom is -0.331 e. The minimum atomic E-state index is -3.65. The molecule has 80 valence electrons. The van der Waals surface area contributed by atoms with Crippen molar-refractivity contribution < 1.29 is 8.42 Å². The fourth-order valence-electron chi connectivity index (χ4n) is 1.48. The summed E-state index contributed by atoms with van der Waals surface area (Å²) in [5.41, 5.74) is 1.53. The van der Waals surface area contributed by atoms with E-state index in [1.165, 1.54) is 12.1 Å². The Morgan fingerprint density at radius 3 is 2.67 bits per heavy atom. The SMILES string of the molecule is Cc1nc2cc(S(N)(=O)=O)ccc2n1C. The van der Waals surface area contributed by atoms with Crippen LogP contribution in [0, 0.1) is 6.92 Å². The number of rotatable bonds is 1. The summed E-state index contributed by atoms with van der Waals surface area (Å²) in [6.45, 7) is 1.86. The lowest BCUT2D eigenvalue weighted by Gasteiger charge is -1.98. The third-order valence-electron chi connectivity index (χ3n) is 2.40. The average Bonchev–Trinajstić information content (AvgIpc) is 2.41. The van der Waals surface area contributed by atoms with Gasteiger partial charge in [0.05, 0.1) is 15.9 Å². The number of hydrogen-bond donors (Lipinski definition) is 1. The molecule has 0 aliphatic heterocycles. The number of sulfonamides is 1. The molecule has 0 aliphatic carbocycles. The van der Waals surface area contributed by atoms with Crippen molar-refractivity contribution in [2.45, 2.75) is 11.8 Å². The van der Waals surface area contributed by atoms with Gasteiger partial charge < -0.3 is 4.57 Å². The normalized spacial score (nSPS) is 12.2. The molecule has 2 N–H and O–H groups in total. The van der Waals surface area contributed by atoms with Crippen LogP contribution < -0.4 is 5.14 Å². The highest BCUT2D eigenvalue weighted by atomic mass is 32.2. The van der Waals surface area contributed by atoms with E-state index in [9.17, 15) is 8.42 Å². The molecule has 0 spiro atoms. The second kappa shape index (κ2) is 3.04. The van der Waals surface area contributed by atoms with Crippen molar-refractivity contribution in [3.63, 3.8) is 0 Å². The highest BCUT2D eigenvalue weighted by molar-refractivity contribution is 7.89. The zero-order valence-electron chi connectivity index (χ0n) is 8.43. The monoisotopic (exact) mass is 225 g/mol. The summed E-state index contributed by atoms with van der Waals surface area (Å²) >= 11 is 0. The van der Waals surface area contributed by atoms with E-state index in [2.05, 4.69) is 4.98 Å². The predicted molar refractivity (Wildman–Crippen MR) is 56.8 cm³/mol. The second-order valence-corrected chi connectivity index (χ2v) is 4.97. The van der Waals surface area contributed by atoms with Crippen molar-refractivity contribution in [2.75, 3.05) is 0 Å². The quantitative estimate of drug-likeness (QED) is 0.769. The van der Waals surface area contributed by atoms with Gasteiger partial charge in [0.15, 0.2) is 0 Å². The van der Waals surface area contributed by atoms with Crippen LogP contribution in [0.3, 0.4) is 0 Å². The van der Waals surface area contributed by atoms with Crippen LogP contribution in [0.1, 0.15) is 5.82 Å². The van der Waals surface area contributed by atoms with Crippen molar-refractivity contribution in [2.24, 2.45) is 12.2 Å². The Kier molecular flexibility index (Phi) is 2.06. The number of benzene rings is 1. The third kappa shape index (κ3) is 1.62. The van der Waals surface area contributed by atoms with Crippen molar-refractivity contribution in [3.8, 4) is 0 Å². The molecule has 2 rings (SSSR count). The van der Waals surface area contributed by atoms with Gasteiger partial charge in [-0.05, 0) is 25.1 Å². The van der Waals surface area contributed by atoms with Crippen molar-refractivity contribution >= 4 is 21.1 Å². The number of hydrogen-bond acceptors (Lipinski definition) is 3. The molecule has 0 aliphatic rings. The van der Waals surface area contributed by atoms with E-state index in [4.69, 9.17) is 5.14 Å². The van der Waals surface area contributed by atoms with Gasteiger partial charge in [-0.1, -0.05) is 0 Å². The molecule has 0 saturated carbocycles. The largest absolute Gasteiger partial charge is 0.331 e. The molecule has 0 fully saturated rings. The maximum absolute atomic E-state index is 11.1. The maximum atomic E-state index is 11.1. The van der Waals surface area contributed by atoms with Gasteiger partial charge in [-0.15, -0.1) is 0 Å². The van der Waals surface area contributed by atoms with Crippen LogP contribution in [0.15, 0.2) is 23.1 Å². The highest BCUT2D eigenvalue weighted by Crippen LogP contribution is 2.18. The van der Waals surface area contributed by atoms with E-state index < -0.39 is 10.0 Å². The van der Waals surface area contributed by atoms with Crippen LogP contribution in [0.5, 0.6) is 0 Å². The second-order valence-electron chi connectivity index (χ2n) is 3.41. The number of nitrogens with zero attached hydrogens (tertiary/aromatic N) is 2. The molecular formula is C9H11N3O2S. The molecule has 6 heteroatoms. The topological polar surface area (TPSA) is 78.0 Å². The van der Waals surface area contributed by atoms with E-state index in [-0.39, 0.29) is 4.90 Å². The lowest BCUT2D eigenvalue weighted by Crippen LogP contribution is -2.11. The van der Waals surface area contributed by atoms with Gasteiger partial charge in [-0.25, -0.2) is 18.5 Å². The first kappa shape index (κ1) is 10.1. The summed E-state index contributed by atoms with van der Waals surface area (Å²) in [5, 5.41) is 5.03. The number of aromatic nitrogens is 2. The Bertz CT molecular complexity index is 628. The average molecular weight is 225 g/mol. The number of imidazole rings is 1. The molecular weight excluding hydrogens is 214 g/mol. The van der Waals surface area contributed by atoms with Gasteiger partial charge in [0.2, 0.25) is 10.0 Å². The van der Waals surface area contributed by atoms with Crippen LogP contribution in [-0.2, 0) is 17.1 Å². The molecule has 0 amide bonds. The first-order chi connectivity index (χ1) is 6.89. The Balaban J connectivity index is 2.78. The van der Waals surface area contributed by atoms with E-state index >= 15 is 0 Å². The van der Waals surface area contributed by atoms with Gasteiger partial charge >= 0.3 is 0 Å². The first-order valence-electron chi connectivity index (χ1n) is 4.35. The molecule has 5 nitrogen and oxygen atoms in total. The maximum Gasteiger partial charge on any atom is 0.238 e. The Morgan fingerprint density at radius 2 is 2.07 bits per heavy atom. The summed E-state index contributed by atoms with van der Waals surface area (Å²) in [4.78, 5) is 4.32. The van der Waals surface area contributed by atoms with Gasteiger partial charge in [0.1, 0.15) is 5.82 Å². The molecule has 0 atom stereocenters. The Morgan fingerprint density at radius 1 is 1.40 bits per heavy atom. The minimum absolute atomic E-state index is 0.0908.